The number of nitrogens with zero attached hydrogens (tertiary/aromatic N) is 2. The van der Waals surface area contributed by atoms with Gasteiger partial charge >= 0.3 is 0 Å². The zero-order valence-electron chi connectivity index (χ0n) is 17.8. The molecule has 0 unspecified atom stereocenters. The van der Waals surface area contributed by atoms with Crippen LogP contribution < -0.4 is 0 Å². The Morgan fingerprint density at radius 2 is 1.11 bits per heavy atom. The van der Waals surface area contributed by atoms with E-state index in [-0.39, 0.29) is 14.9 Å². The molecule has 0 aliphatic carbocycles. The highest BCUT2D eigenvalue weighted by atomic mass is 14.7. The molecule has 158 valence electrons. The first-order valence-corrected chi connectivity index (χ1v) is 9.42. The van der Waals surface area contributed by atoms with Crippen molar-refractivity contribution in [2.24, 2.45) is 11.8 Å². The monoisotopic (exact) mass is 384 g/mol. The van der Waals surface area contributed by atoms with E-state index in [1.54, 1.807) is 6.20 Å². The molecule has 0 saturated heterocycles. The first kappa shape index (κ1) is 30.5. The van der Waals surface area contributed by atoms with Gasteiger partial charge in [-0.2, -0.15) is 0 Å². The predicted molar refractivity (Wildman–Crippen MR) is 130 cm³/mol. The van der Waals surface area contributed by atoms with E-state index in [1.165, 1.54) is 5.39 Å². The summed E-state index contributed by atoms with van der Waals surface area (Å²) in [6, 6.07) is 18.1. The largest absolute Gasteiger partial charge is 0.262 e. The molecule has 2 nitrogen and oxygen atoms in total. The van der Waals surface area contributed by atoms with Gasteiger partial charge in [0.2, 0.25) is 0 Å². The summed E-state index contributed by atoms with van der Waals surface area (Å²) in [5, 5.41) is 1.21. The molecule has 2 aromatic heterocycles. The second-order valence-corrected chi connectivity index (χ2v) is 7.58. The Bertz CT molecular complexity index is 692. The van der Waals surface area contributed by atoms with E-state index in [1.807, 2.05) is 56.3 Å². The molecule has 3 rings (SSSR count). The summed E-state index contributed by atoms with van der Waals surface area (Å²) in [6.45, 7) is 17.0. The Balaban J connectivity index is -0.000000322. The highest BCUT2D eigenvalue weighted by Gasteiger charge is 1.91. The Hall–Kier alpha value is -2.22. The third-order valence-electron chi connectivity index (χ3n) is 2.55. The molecule has 0 bridgehead atoms. The fourth-order valence-electron chi connectivity index (χ4n) is 1.62. The number of hydrogen-bond acceptors (Lipinski definition) is 2. The molecule has 0 radical (unpaired) electrons. The number of para-hydroxylation sites is 1. The summed E-state index contributed by atoms with van der Waals surface area (Å²) >= 11 is 0. The maximum Gasteiger partial charge on any atom is 0.0705 e. The first-order valence-electron chi connectivity index (χ1n) is 9.42. The molecule has 0 amide bonds. The highest BCUT2D eigenvalue weighted by molar-refractivity contribution is 5.78. The number of pyridine rings is 2. The Kier molecular flexibility index (Phi) is 19.8. The quantitative estimate of drug-likeness (QED) is 0.388. The lowest BCUT2D eigenvalue weighted by Gasteiger charge is -1.95. The van der Waals surface area contributed by atoms with Gasteiger partial charge < -0.3 is 0 Å². The topological polar surface area (TPSA) is 25.8 Å². The number of rotatable bonds is 0. The summed E-state index contributed by atoms with van der Waals surface area (Å²) in [7, 11) is 0. The number of aromatic nitrogens is 2. The van der Waals surface area contributed by atoms with Crippen molar-refractivity contribution >= 4 is 10.9 Å². The third-order valence-corrected chi connectivity index (χ3v) is 2.55. The minimum atomic E-state index is 0. The van der Waals surface area contributed by atoms with E-state index >= 15 is 0 Å². The van der Waals surface area contributed by atoms with E-state index in [0.717, 1.165) is 28.7 Å². The van der Waals surface area contributed by atoms with Gasteiger partial charge in [-0.3, -0.25) is 9.97 Å². The van der Waals surface area contributed by atoms with Gasteiger partial charge in [0.25, 0.3) is 0 Å². The number of hydrogen-bond donors (Lipinski definition) is 0. The van der Waals surface area contributed by atoms with Gasteiger partial charge in [0, 0.05) is 23.0 Å². The highest BCUT2D eigenvalue weighted by Crippen LogP contribution is 2.10. The van der Waals surface area contributed by atoms with E-state index in [9.17, 15) is 0 Å². The van der Waals surface area contributed by atoms with Crippen molar-refractivity contribution < 1.29 is 0 Å². The van der Waals surface area contributed by atoms with E-state index in [4.69, 9.17) is 0 Å². The molecule has 2 heterocycles. The smallest absolute Gasteiger partial charge is 0.0705 e. The number of fused-ring (bicyclic) bond motifs is 1. The van der Waals surface area contributed by atoms with Crippen LogP contribution >= 0.6 is 0 Å². The van der Waals surface area contributed by atoms with Crippen molar-refractivity contribution in [3.8, 4) is 0 Å². The second-order valence-electron chi connectivity index (χ2n) is 7.58. The Morgan fingerprint density at radius 3 is 1.54 bits per heavy atom. The molecule has 0 aliphatic rings. The normalized spacial score (nSPS) is 8.79. The SMILES string of the molecule is C.C.CC(C)C.CC(C)C.Cc1ccc2ccccc2n1.Cc1ccccn1. The van der Waals surface area contributed by atoms with Crippen molar-refractivity contribution in [2.75, 3.05) is 0 Å². The van der Waals surface area contributed by atoms with Gasteiger partial charge in [-0.15, -0.1) is 0 Å². The zero-order valence-corrected chi connectivity index (χ0v) is 17.8. The molecule has 28 heavy (non-hydrogen) atoms. The maximum absolute atomic E-state index is 4.38. The van der Waals surface area contributed by atoms with Crippen LogP contribution in [0.25, 0.3) is 10.9 Å². The Labute approximate surface area is 175 Å². The van der Waals surface area contributed by atoms with Crippen LogP contribution in [0, 0.1) is 25.7 Å². The van der Waals surface area contributed by atoms with Crippen LogP contribution in [-0.4, -0.2) is 9.97 Å². The summed E-state index contributed by atoms with van der Waals surface area (Å²) in [4.78, 5) is 8.35. The molecular weight excluding hydrogens is 340 g/mol. The third kappa shape index (κ3) is 18.6. The lowest BCUT2D eigenvalue weighted by Crippen LogP contribution is -1.80. The van der Waals surface area contributed by atoms with Gasteiger partial charge in [0.15, 0.2) is 0 Å². The molecule has 0 spiro atoms. The standard InChI is InChI=1S/C10H9N.C6H7N.2C4H10.2CH4/c1-8-6-7-9-4-2-3-5-10(9)11-8;1-6-4-2-3-5-7-6;2*1-4(2)3;;/h2-7H,1H3;2-5H,1H3;2*4H,1-3H3;2*1H4. The first-order chi connectivity index (χ1) is 12.2. The summed E-state index contributed by atoms with van der Waals surface area (Å²) in [5.41, 5.74) is 3.22. The van der Waals surface area contributed by atoms with Crippen LogP contribution in [0.5, 0.6) is 0 Å². The summed E-state index contributed by atoms with van der Waals surface area (Å²) in [6.07, 6.45) is 1.79. The van der Waals surface area contributed by atoms with Gasteiger partial charge in [0.05, 0.1) is 5.52 Å². The van der Waals surface area contributed by atoms with Crippen LogP contribution in [0.1, 0.15) is 67.8 Å². The molecule has 0 N–H and O–H groups in total. The van der Waals surface area contributed by atoms with E-state index in [0.29, 0.717) is 0 Å². The van der Waals surface area contributed by atoms with Crippen molar-refractivity contribution in [2.45, 2.75) is 70.2 Å². The van der Waals surface area contributed by atoms with Crippen LogP contribution in [0.4, 0.5) is 0 Å². The minimum Gasteiger partial charge on any atom is -0.262 e. The van der Waals surface area contributed by atoms with Gasteiger partial charge in [-0.05, 0) is 49.9 Å². The number of benzene rings is 1. The maximum atomic E-state index is 4.38. The predicted octanol–water partition coefficient (Wildman–Crippen LogP) is 8.53. The van der Waals surface area contributed by atoms with Crippen molar-refractivity contribution in [1.82, 2.24) is 9.97 Å². The lowest BCUT2D eigenvalue weighted by atomic mass is 10.2. The molecular formula is C26H44N2. The minimum absolute atomic E-state index is 0. The van der Waals surface area contributed by atoms with Gasteiger partial charge in [0.1, 0.15) is 0 Å². The van der Waals surface area contributed by atoms with Crippen LogP contribution in [0.2, 0.25) is 0 Å². The zero-order chi connectivity index (χ0) is 19.9. The van der Waals surface area contributed by atoms with Crippen molar-refractivity contribution in [3.05, 3.63) is 72.2 Å². The summed E-state index contributed by atoms with van der Waals surface area (Å²) < 4.78 is 0. The molecule has 2 heteroatoms. The van der Waals surface area contributed by atoms with Crippen LogP contribution in [0.3, 0.4) is 0 Å². The number of aryl methyl sites for hydroxylation is 2. The van der Waals surface area contributed by atoms with E-state index in [2.05, 4.69) is 63.6 Å². The molecule has 3 aromatic rings. The summed E-state index contributed by atoms with van der Waals surface area (Å²) in [5.74, 6) is 1.67. The molecule has 0 atom stereocenters. The van der Waals surface area contributed by atoms with Gasteiger partial charge in [-0.1, -0.05) is 86.7 Å². The lowest BCUT2D eigenvalue weighted by molar-refractivity contribution is 0.736. The average Bonchev–Trinajstić information content (AvgIpc) is 2.55. The average molecular weight is 385 g/mol. The van der Waals surface area contributed by atoms with Crippen molar-refractivity contribution in [3.63, 3.8) is 0 Å². The van der Waals surface area contributed by atoms with Crippen molar-refractivity contribution in [1.29, 1.82) is 0 Å². The van der Waals surface area contributed by atoms with Crippen LogP contribution in [0.15, 0.2) is 60.8 Å². The Morgan fingerprint density at radius 1 is 0.607 bits per heavy atom. The van der Waals surface area contributed by atoms with Crippen LogP contribution in [-0.2, 0) is 0 Å². The fraction of sp³-hybridized carbons (Fsp3) is 0.462. The molecule has 1 aromatic carbocycles. The molecule has 0 fully saturated rings. The van der Waals surface area contributed by atoms with Gasteiger partial charge in [-0.25, -0.2) is 0 Å². The van der Waals surface area contributed by atoms with E-state index < -0.39 is 0 Å². The molecule has 0 saturated carbocycles. The second kappa shape index (κ2) is 18.2. The molecule has 0 aliphatic heterocycles. The fourth-order valence-corrected chi connectivity index (χ4v) is 1.62.